The smallest absolute Gasteiger partial charge is 0.344 e. The molecule has 2 aromatic heterocycles. The summed E-state index contributed by atoms with van der Waals surface area (Å²) in [4.78, 5) is 13.0. The third-order valence-electron chi connectivity index (χ3n) is 5.20. The molecule has 30 heavy (non-hydrogen) atoms. The molecular weight excluding hydrogens is 388 g/mol. The Labute approximate surface area is 168 Å². The van der Waals surface area contributed by atoms with Crippen molar-refractivity contribution in [2.24, 2.45) is 5.73 Å². The van der Waals surface area contributed by atoms with Gasteiger partial charge in [-0.25, -0.2) is 4.79 Å². The van der Waals surface area contributed by atoms with Gasteiger partial charge in [-0.3, -0.25) is 0 Å². The van der Waals surface area contributed by atoms with E-state index in [-0.39, 0.29) is 34.1 Å². The summed E-state index contributed by atoms with van der Waals surface area (Å²) in [5.41, 5.74) is 6.38. The van der Waals surface area contributed by atoms with Gasteiger partial charge in [-0.2, -0.15) is 5.26 Å². The van der Waals surface area contributed by atoms with Crippen LogP contribution in [0.15, 0.2) is 67.7 Å². The molecule has 0 bridgehead atoms. The van der Waals surface area contributed by atoms with E-state index in [1.165, 1.54) is 19.4 Å². The predicted molar refractivity (Wildman–Crippen MR) is 106 cm³/mol. The number of hydrogen-bond acceptors (Lipinski definition) is 8. The molecular formula is C22H14N2O6. The van der Waals surface area contributed by atoms with Crippen molar-refractivity contribution in [2.45, 2.75) is 5.92 Å². The zero-order valence-electron chi connectivity index (χ0n) is 15.6. The maximum absolute atomic E-state index is 13.0. The van der Waals surface area contributed by atoms with Crippen molar-refractivity contribution in [3.05, 3.63) is 75.7 Å². The first-order chi connectivity index (χ1) is 14.5. The minimum absolute atomic E-state index is 0.000920. The van der Waals surface area contributed by atoms with Crippen LogP contribution in [0, 0.1) is 11.3 Å². The number of phenols is 1. The van der Waals surface area contributed by atoms with Crippen LogP contribution < -0.4 is 20.8 Å². The van der Waals surface area contributed by atoms with Crippen LogP contribution in [0.25, 0.3) is 21.9 Å². The fourth-order valence-electron chi connectivity index (χ4n) is 3.92. The number of hydrogen-bond donors (Lipinski definition) is 2. The van der Waals surface area contributed by atoms with E-state index >= 15 is 0 Å². The summed E-state index contributed by atoms with van der Waals surface area (Å²) in [6.45, 7) is 0. The van der Waals surface area contributed by atoms with Crippen LogP contribution in [0.1, 0.15) is 17.0 Å². The normalized spacial score (nSPS) is 15.7. The van der Waals surface area contributed by atoms with E-state index in [1.54, 1.807) is 30.3 Å². The number of methoxy groups -OCH3 is 1. The van der Waals surface area contributed by atoms with E-state index in [2.05, 4.69) is 0 Å². The van der Waals surface area contributed by atoms with Crippen molar-refractivity contribution in [3.63, 3.8) is 0 Å². The Balaban J connectivity index is 1.95. The van der Waals surface area contributed by atoms with Crippen LogP contribution in [0.4, 0.5) is 0 Å². The van der Waals surface area contributed by atoms with Gasteiger partial charge in [0.2, 0.25) is 5.88 Å². The lowest BCUT2D eigenvalue weighted by Gasteiger charge is -2.26. The Morgan fingerprint density at radius 3 is 2.77 bits per heavy atom. The van der Waals surface area contributed by atoms with Crippen molar-refractivity contribution >= 4 is 21.9 Å². The van der Waals surface area contributed by atoms with Crippen molar-refractivity contribution in [1.29, 1.82) is 5.26 Å². The van der Waals surface area contributed by atoms with Crippen LogP contribution in [-0.4, -0.2) is 12.2 Å². The number of nitrogens with zero attached hydrogens (tertiary/aromatic N) is 1. The van der Waals surface area contributed by atoms with Gasteiger partial charge in [0.1, 0.15) is 39.7 Å². The average Bonchev–Trinajstić information content (AvgIpc) is 3.20. The molecule has 4 aromatic rings. The summed E-state index contributed by atoms with van der Waals surface area (Å²) in [6.07, 6.45) is 1.49. The number of phenolic OH excluding ortho intramolecular Hbond substituents is 1. The Morgan fingerprint density at radius 2 is 2.03 bits per heavy atom. The van der Waals surface area contributed by atoms with E-state index in [9.17, 15) is 15.2 Å². The van der Waals surface area contributed by atoms with E-state index in [1.807, 2.05) is 6.07 Å². The first-order valence-corrected chi connectivity index (χ1v) is 8.95. The molecule has 3 N–H and O–H groups in total. The van der Waals surface area contributed by atoms with Crippen molar-refractivity contribution in [2.75, 3.05) is 7.11 Å². The number of allylic oxidation sites excluding steroid dienone is 1. The molecule has 0 saturated carbocycles. The summed E-state index contributed by atoms with van der Waals surface area (Å²) in [5, 5.41) is 21.2. The first kappa shape index (κ1) is 17.7. The Morgan fingerprint density at radius 1 is 1.23 bits per heavy atom. The zero-order valence-corrected chi connectivity index (χ0v) is 15.6. The van der Waals surface area contributed by atoms with Gasteiger partial charge in [0.25, 0.3) is 0 Å². The van der Waals surface area contributed by atoms with Gasteiger partial charge < -0.3 is 29.1 Å². The Hall–Kier alpha value is -4.38. The van der Waals surface area contributed by atoms with E-state index in [4.69, 9.17) is 24.0 Å². The minimum Gasteiger partial charge on any atom is -0.508 e. The number of para-hydroxylation sites is 1. The van der Waals surface area contributed by atoms with Crippen molar-refractivity contribution < 1.29 is 23.4 Å². The van der Waals surface area contributed by atoms with Crippen LogP contribution in [0.3, 0.4) is 0 Å². The highest BCUT2D eigenvalue weighted by molar-refractivity contribution is 6.04. The molecule has 1 aliphatic heterocycles. The summed E-state index contributed by atoms with van der Waals surface area (Å²) in [6, 6.07) is 11.7. The largest absolute Gasteiger partial charge is 0.508 e. The average molecular weight is 402 g/mol. The molecule has 0 radical (unpaired) electrons. The third kappa shape index (κ3) is 2.29. The number of furan rings is 1. The summed E-state index contributed by atoms with van der Waals surface area (Å²) in [7, 11) is 1.47. The van der Waals surface area contributed by atoms with E-state index < -0.39 is 11.5 Å². The Kier molecular flexibility index (Phi) is 3.73. The SMILES string of the molecule is COc1c2ccoc2cc2oc(=O)c3c(c12)OC(N)=C(C#N)C3c1ccccc1O. The number of nitriles is 1. The van der Waals surface area contributed by atoms with Gasteiger partial charge in [-0.05, 0) is 12.1 Å². The molecule has 0 fully saturated rings. The van der Waals surface area contributed by atoms with Gasteiger partial charge in [0, 0.05) is 11.6 Å². The number of aromatic hydroxyl groups is 1. The molecule has 1 unspecified atom stereocenters. The number of ether oxygens (including phenoxy) is 2. The molecule has 148 valence electrons. The Bertz CT molecular complexity index is 1470. The molecule has 2 aromatic carbocycles. The second-order valence-electron chi connectivity index (χ2n) is 6.73. The molecule has 0 spiro atoms. The highest BCUT2D eigenvalue weighted by atomic mass is 16.5. The van der Waals surface area contributed by atoms with Gasteiger partial charge in [0.05, 0.1) is 30.2 Å². The molecule has 0 aliphatic carbocycles. The molecule has 5 rings (SSSR count). The predicted octanol–water partition coefficient (Wildman–Crippen LogP) is 3.47. The summed E-state index contributed by atoms with van der Waals surface area (Å²) < 4.78 is 22.3. The van der Waals surface area contributed by atoms with Crippen LogP contribution >= 0.6 is 0 Å². The van der Waals surface area contributed by atoms with Gasteiger partial charge in [0.15, 0.2) is 5.75 Å². The maximum atomic E-state index is 13.0. The quantitative estimate of drug-likeness (QED) is 0.487. The molecule has 8 heteroatoms. The lowest BCUT2D eigenvalue weighted by atomic mass is 9.83. The van der Waals surface area contributed by atoms with Crippen LogP contribution in [0.2, 0.25) is 0 Å². The third-order valence-corrected chi connectivity index (χ3v) is 5.20. The topological polar surface area (TPSA) is 132 Å². The molecule has 8 nitrogen and oxygen atoms in total. The standard InChI is InChI=1S/C22H14N2O6/c1-27-19-11-6-7-28-14(11)8-15-17(19)20-18(22(26)29-15)16(12(9-23)21(24)30-20)10-4-2-3-5-13(10)25/h2-8,16,25H,24H2,1H3. The fraction of sp³-hybridized carbons (Fsp3) is 0.0909. The summed E-state index contributed by atoms with van der Waals surface area (Å²) >= 11 is 0. The van der Waals surface area contributed by atoms with E-state index in [0.717, 1.165) is 0 Å². The highest BCUT2D eigenvalue weighted by Gasteiger charge is 2.37. The second-order valence-corrected chi connectivity index (χ2v) is 6.73. The van der Waals surface area contributed by atoms with E-state index in [0.29, 0.717) is 27.7 Å². The van der Waals surface area contributed by atoms with Crippen LogP contribution in [0.5, 0.6) is 17.2 Å². The van der Waals surface area contributed by atoms with Gasteiger partial charge in [-0.15, -0.1) is 0 Å². The number of rotatable bonds is 2. The van der Waals surface area contributed by atoms with Gasteiger partial charge >= 0.3 is 5.63 Å². The van der Waals surface area contributed by atoms with Crippen molar-refractivity contribution in [3.8, 4) is 23.3 Å². The second kappa shape index (κ2) is 6.32. The van der Waals surface area contributed by atoms with Crippen LogP contribution in [-0.2, 0) is 0 Å². The fourth-order valence-corrected chi connectivity index (χ4v) is 3.92. The van der Waals surface area contributed by atoms with Gasteiger partial charge in [-0.1, -0.05) is 18.2 Å². The molecule has 3 heterocycles. The first-order valence-electron chi connectivity index (χ1n) is 8.95. The molecule has 1 atom stereocenters. The maximum Gasteiger partial charge on any atom is 0.344 e. The van der Waals surface area contributed by atoms with Crippen molar-refractivity contribution in [1.82, 2.24) is 0 Å². The number of benzene rings is 2. The molecule has 0 amide bonds. The zero-order chi connectivity index (χ0) is 21.0. The molecule has 0 saturated heterocycles. The monoisotopic (exact) mass is 402 g/mol. The lowest BCUT2D eigenvalue weighted by molar-refractivity contribution is 0.380. The minimum atomic E-state index is -0.967. The lowest BCUT2D eigenvalue weighted by Crippen LogP contribution is -2.26. The highest BCUT2D eigenvalue weighted by Crippen LogP contribution is 2.49. The molecule has 1 aliphatic rings. The number of nitrogens with two attached hydrogens (primary N) is 1. The number of fused-ring (bicyclic) bond motifs is 4. The summed E-state index contributed by atoms with van der Waals surface area (Å²) in [5.74, 6) is -0.732.